The van der Waals surface area contributed by atoms with Crippen molar-refractivity contribution < 1.29 is 51.2 Å². The molecule has 2 aromatic rings. The molecule has 1 N–H and O–H groups in total. The van der Waals surface area contributed by atoms with Gasteiger partial charge in [0.2, 0.25) is 0 Å². The molecule has 1 aliphatic rings. The summed E-state index contributed by atoms with van der Waals surface area (Å²) in [6, 6.07) is 1.03. The molecule has 1 atom stereocenters. The van der Waals surface area contributed by atoms with Crippen LogP contribution in [0.5, 0.6) is 0 Å². The van der Waals surface area contributed by atoms with E-state index in [0.717, 1.165) is 19.0 Å². The summed E-state index contributed by atoms with van der Waals surface area (Å²) in [7, 11) is 5.66. The minimum absolute atomic E-state index is 0. The molecule has 3 rings (SSSR count). The van der Waals surface area contributed by atoms with E-state index in [2.05, 4.69) is 10.3 Å². The fourth-order valence-corrected chi connectivity index (χ4v) is 4.01. The standard InChI is InChI=1S/C23H31F3N4O2.HI/c1-23(2,3)19(13-32-6)27-22(31)20-18-12-30(4,5)9-7-8-29(18)21(28-20)14-10-16(25)17(26)11-15(14)24;/h10-11,19H,7-9,12-13H2,1-6H3;1H/t19-;/m1./s1. The van der Waals surface area contributed by atoms with E-state index in [1.54, 1.807) is 11.7 Å². The number of rotatable bonds is 5. The van der Waals surface area contributed by atoms with Crippen molar-refractivity contribution in [3.05, 3.63) is 41.0 Å². The summed E-state index contributed by atoms with van der Waals surface area (Å²) in [6.45, 7) is 8.12. The normalized spacial score (nSPS) is 16.4. The number of fused-ring (bicyclic) bond motifs is 1. The van der Waals surface area contributed by atoms with Gasteiger partial charge in [0.05, 0.1) is 38.9 Å². The Hall–Kier alpha value is -1.66. The fraction of sp³-hybridized carbons (Fsp3) is 0.565. The zero-order valence-corrected chi connectivity index (χ0v) is 22.1. The van der Waals surface area contributed by atoms with E-state index in [4.69, 9.17) is 4.74 Å². The van der Waals surface area contributed by atoms with Crippen LogP contribution in [-0.2, 0) is 17.8 Å². The summed E-state index contributed by atoms with van der Waals surface area (Å²) >= 11 is 0. The van der Waals surface area contributed by atoms with Crippen molar-refractivity contribution in [3.63, 3.8) is 0 Å². The lowest BCUT2D eigenvalue weighted by Crippen LogP contribution is -3.00. The Kier molecular flexibility index (Phi) is 8.61. The number of quaternary nitrogens is 1. The highest BCUT2D eigenvalue weighted by molar-refractivity contribution is 5.94. The third-order valence-electron chi connectivity index (χ3n) is 5.95. The predicted octanol–water partition coefficient (Wildman–Crippen LogP) is 0.742. The van der Waals surface area contributed by atoms with Gasteiger partial charge in [-0.05, 0) is 11.5 Å². The number of ether oxygens (including phenoxy) is 1. The number of halogens is 4. The van der Waals surface area contributed by atoms with E-state index >= 15 is 0 Å². The topological polar surface area (TPSA) is 56.1 Å². The largest absolute Gasteiger partial charge is 1.00 e. The summed E-state index contributed by atoms with van der Waals surface area (Å²) in [5, 5.41) is 3.00. The molecule has 33 heavy (non-hydrogen) atoms. The Morgan fingerprint density at radius 3 is 2.45 bits per heavy atom. The van der Waals surface area contributed by atoms with E-state index in [1.165, 1.54) is 0 Å². The van der Waals surface area contributed by atoms with Crippen molar-refractivity contribution in [1.82, 2.24) is 14.9 Å². The molecule has 1 amide bonds. The molecule has 1 aromatic heterocycles. The Morgan fingerprint density at radius 2 is 1.85 bits per heavy atom. The number of imidazole rings is 1. The Labute approximate surface area is 210 Å². The molecule has 0 spiro atoms. The lowest BCUT2D eigenvalue weighted by Gasteiger charge is -2.31. The van der Waals surface area contributed by atoms with E-state index < -0.39 is 23.4 Å². The van der Waals surface area contributed by atoms with E-state index in [9.17, 15) is 18.0 Å². The molecule has 184 valence electrons. The number of nitrogens with one attached hydrogen (secondary N) is 1. The molecule has 6 nitrogen and oxygen atoms in total. The summed E-state index contributed by atoms with van der Waals surface area (Å²) in [5.41, 5.74) is 0.379. The third-order valence-corrected chi connectivity index (χ3v) is 5.95. The van der Waals surface area contributed by atoms with Crippen LogP contribution in [0.25, 0.3) is 11.4 Å². The molecule has 0 fully saturated rings. The molecule has 0 bridgehead atoms. The number of methoxy groups -OCH3 is 1. The smallest absolute Gasteiger partial charge is 0.272 e. The number of aromatic nitrogens is 2. The molecule has 1 aliphatic heterocycles. The zero-order valence-electron chi connectivity index (χ0n) is 19.9. The Morgan fingerprint density at radius 1 is 1.21 bits per heavy atom. The van der Waals surface area contributed by atoms with Gasteiger partial charge in [-0.1, -0.05) is 20.8 Å². The molecule has 10 heteroatoms. The van der Waals surface area contributed by atoms with Gasteiger partial charge in [-0.2, -0.15) is 0 Å². The number of amides is 1. The first-order valence-corrected chi connectivity index (χ1v) is 10.7. The fourth-order valence-electron chi connectivity index (χ4n) is 4.01. The van der Waals surface area contributed by atoms with E-state index in [0.29, 0.717) is 35.9 Å². The summed E-state index contributed by atoms with van der Waals surface area (Å²) in [5.74, 6) is -3.63. The second-order valence-corrected chi connectivity index (χ2v) is 10.1. The first-order chi connectivity index (χ1) is 14.8. The summed E-state index contributed by atoms with van der Waals surface area (Å²) < 4.78 is 49.8. The van der Waals surface area contributed by atoms with Crippen LogP contribution < -0.4 is 29.3 Å². The molecular formula is C23H32F3IN4O2. The number of carbonyl (C=O) groups excluding carboxylic acids is 1. The van der Waals surface area contributed by atoms with Gasteiger partial charge in [-0.15, -0.1) is 0 Å². The van der Waals surface area contributed by atoms with Gasteiger partial charge in [0, 0.05) is 26.1 Å². The average Bonchev–Trinajstić information content (AvgIpc) is 2.92. The van der Waals surface area contributed by atoms with Gasteiger partial charge < -0.3 is 43.1 Å². The number of nitrogens with zero attached hydrogens (tertiary/aromatic N) is 3. The van der Waals surface area contributed by atoms with Crippen molar-refractivity contribution in [2.45, 2.75) is 46.3 Å². The highest BCUT2D eigenvalue weighted by Gasteiger charge is 2.34. The van der Waals surface area contributed by atoms with E-state index in [-0.39, 0.29) is 52.5 Å². The predicted molar refractivity (Wildman–Crippen MR) is 115 cm³/mol. The van der Waals surface area contributed by atoms with Crippen LogP contribution in [0.2, 0.25) is 0 Å². The van der Waals surface area contributed by atoms with E-state index in [1.807, 2.05) is 34.9 Å². The molecular weight excluding hydrogens is 548 g/mol. The molecule has 0 aliphatic carbocycles. The molecule has 1 aromatic carbocycles. The van der Waals surface area contributed by atoms with Gasteiger partial charge in [-0.3, -0.25) is 4.79 Å². The number of hydrogen-bond donors (Lipinski definition) is 1. The van der Waals surface area contributed by atoms with Crippen LogP contribution in [0.15, 0.2) is 12.1 Å². The first kappa shape index (κ1) is 27.6. The summed E-state index contributed by atoms with van der Waals surface area (Å²) in [4.78, 5) is 17.8. The average molecular weight is 580 g/mol. The van der Waals surface area contributed by atoms with Gasteiger partial charge in [0.15, 0.2) is 17.3 Å². The molecule has 0 radical (unpaired) electrons. The number of hydrogen-bond acceptors (Lipinski definition) is 3. The van der Waals surface area contributed by atoms with Gasteiger partial charge in [0.1, 0.15) is 23.9 Å². The maximum atomic E-state index is 14.6. The maximum absolute atomic E-state index is 14.6. The van der Waals surface area contributed by atoms with Crippen LogP contribution in [0.3, 0.4) is 0 Å². The minimum atomic E-state index is -1.27. The monoisotopic (exact) mass is 580 g/mol. The van der Waals surface area contributed by atoms with Crippen LogP contribution >= 0.6 is 0 Å². The summed E-state index contributed by atoms with van der Waals surface area (Å²) in [6.07, 6.45) is 0.768. The van der Waals surface area contributed by atoms with Gasteiger partial charge in [0.25, 0.3) is 5.91 Å². The van der Waals surface area contributed by atoms with Crippen molar-refractivity contribution in [3.8, 4) is 11.4 Å². The highest BCUT2D eigenvalue weighted by atomic mass is 127. The number of carbonyl (C=O) groups is 1. The molecule has 0 unspecified atom stereocenters. The lowest BCUT2D eigenvalue weighted by atomic mass is 9.87. The first-order valence-electron chi connectivity index (χ1n) is 10.7. The SMILES string of the molecule is COC[C@@H](NC(=O)c1nc(-c2cc(F)c(F)cc2F)n2c1C[N+](C)(C)CCC2)C(C)(C)C.[I-]. The van der Waals surface area contributed by atoms with Crippen molar-refractivity contribution in [1.29, 1.82) is 0 Å². The Bertz CT molecular complexity index is 1020. The lowest BCUT2D eigenvalue weighted by molar-refractivity contribution is -0.903. The van der Waals surface area contributed by atoms with Crippen molar-refractivity contribution >= 4 is 5.91 Å². The van der Waals surface area contributed by atoms with Crippen LogP contribution in [0.4, 0.5) is 13.2 Å². The maximum Gasteiger partial charge on any atom is 0.272 e. The highest BCUT2D eigenvalue weighted by Crippen LogP contribution is 2.31. The van der Waals surface area contributed by atoms with Crippen LogP contribution in [-0.4, -0.2) is 60.3 Å². The van der Waals surface area contributed by atoms with Gasteiger partial charge in [-0.25, -0.2) is 18.2 Å². The second-order valence-electron chi connectivity index (χ2n) is 10.1. The van der Waals surface area contributed by atoms with Gasteiger partial charge >= 0.3 is 0 Å². The quantitative estimate of drug-likeness (QED) is 0.323. The van der Waals surface area contributed by atoms with Crippen LogP contribution in [0, 0.1) is 22.9 Å². The third kappa shape index (κ3) is 6.07. The zero-order chi connectivity index (χ0) is 23.8. The molecule has 0 saturated carbocycles. The minimum Gasteiger partial charge on any atom is -1.00 e. The second kappa shape index (κ2) is 10.3. The molecule has 0 saturated heterocycles. The van der Waals surface area contributed by atoms with Crippen molar-refractivity contribution in [2.75, 3.05) is 34.4 Å². The Balaban J connectivity index is 0.00000385. The van der Waals surface area contributed by atoms with Crippen LogP contribution in [0.1, 0.15) is 43.4 Å². The molecule has 2 heterocycles. The van der Waals surface area contributed by atoms with Crippen molar-refractivity contribution in [2.24, 2.45) is 5.41 Å². The number of benzene rings is 1.